The first-order valence-electron chi connectivity index (χ1n) is 12.1. The quantitative estimate of drug-likeness (QED) is 0.342. The second kappa shape index (κ2) is 14.0. The Labute approximate surface area is 185 Å². The average Bonchev–Trinajstić information content (AvgIpc) is 3.35. The van der Waals surface area contributed by atoms with Gasteiger partial charge >= 0.3 is 0 Å². The number of methoxy groups -OCH3 is 1. The van der Waals surface area contributed by atoms with E-state index in [-0.39, 0.29) is 1.43 Å². The van der Waals surface area contributed by atoms with Crippen molar-refractivity contribution in [2.75, 3.05) is 119 Å². The molecule has 3 aliphatic rings. The highest BCUT2D eigenvalue weighted by atomic mass is 16.5. The van der Waals surface area contributed by atoms with Gasteiger partial charge in [0.25, 0.3) is 0 Å². The van der Waals surface area contributed by atoms with E-state index in [1.807, 2.05) is 0 Å². The monoisotopic (exact) mass is 429 g/mol. The lowest BCUT2D eigenvalue weighted by atomic mass is 10.2. The number of rotatable bonds is 16. The van der Waals surface area contributed by atoms with Crippen molar-refractivity contribution in [2.45, 2.75) is 25.4 Å². The summed E-state index contributed by atoms with van der Waals surface area (Å²) in [5, 5.41) is 3.30. The van der Waals surface area contributed by atoms with E-state index in [4.69, 9.17) is 14.2 Å². The summed E-state index contributed by atoms with van der Waals surface area (Å²) >= 11 is 0. The number of ether oxygens (including phenoxy) is 3. The molecular formula is C22H47N5O3. The Kier molecular flexibility index (Phi) is 11.3. The molecule has 3 fully saturated rings. The van der Waals surface area contributed by atoms with Crippen LogP contribution in [0.3, 0.4) is 0 Å². The van der Waals surface area contributed by atoms with Crippen molar-refractivity contribution in [1.29, 1.82) is 0 Å². The molecule has 8 nitrogen and oxygen atoms in total. The van der Waals surface area contributed by atoms with Crippen LogP contribution < -0.4 is 5.32 Å². The van der Waals surface area contributed by atoms with Crippen molar-refractivity contribution in [3.8, 4) is 0 Å². The van der Waals surface area contributed by atoms with Crippen LogP contribution in [0.25, 0.3) is 0 Å². The minimum absolute atomic E-state index is 0. The van der Waals surface area contributed by atoms with Gasteiger partial charge in [0.2, 0.25) is 0 Å². The summed E-state index contributed by atoms with van der Waals surface area (Å²) in [5.74, 6) is 0. The SMILES string of the molecule is CCNCCOCCN1CC2CC1CN2CCOCCN1CCN(CCOC)CC1.[HH]. The van der Waals surface area contributed by atoms with Gasteiger partial charge in [0.1, 0.15) is 0 Å². The predicted octanol–water partition coefficient (Wildman–Crippen LogP) is -0.102. The van der Waals surface area contributed by atoms with Crippen LogP contribution >= 0.6 is 0 Å². The third-order valence-electron chi connectivity index (χ3n) is 6.81. The van der Waals surface area contributed by atoms with Crippen molar-refractivity contribution >= 4 is 0 Å². The first-order valence-corrected chi connectivity index (χ1v) is 12.1. The number of fused-ring (bicyclic) bond motifs is 2. The van der Waals surface area contributed by atoms with Gasteiger partial charge in [-0.05, 0) is 13.0 Å². The predicted molar refractivity (Wildman–Crippen MR) is 122 cm³/mol. The summed E-state index contributed by atoms with van der Waals surface area (Å²) in [5.41, 5.74) is 0. The number of piperazine rings is 2. The van der Waals surface area contributed by atoms with Crippen LogP contribution in [0, 0.1) is 0 Å². The molecule has 1 N–H and O–H groups in total. The molecule has 2 unspecified atom stereocenters. The molecule has 2 atom stereocenters. The molecule has 2 bridgehead atoms. The van der Waals surface area contributed by atoms with Crippen LogP contribution in [0.4, 0.5) is 0 Å². The largest absolute Gasteiger partial charge is 0.383 e. The molecule has 0 aliphatic carbocycles. The molecule has 0 saturated carbocycles. The van der Waals surface area contributed by atoms with Crippen molar-refractivity contribution in [1.82, 2.24) is 24.9 Å². The molecule has 0 aromatic carbocycles. The van der Waals surface area contributed by atoms with Crippen LogP contribution in [0.15, 0.2) is 0 Å². The van der Waals surface area contributed by atoms with Crippen molar-refractivity contribution in [2.24, 2.45) is 0 Å². The molecule has 178 valence electrons. The molecule has 0 amide bonds. The molecule has 8 heteroatoms. The van der Waals surface area contributed by atoms with E-state index in [2.05, 4.69) is 31.8 Å². The lowest BCUT2D eigenvalue weighted by molar-refractivity contribution is 0.0416. The first kappa shape index (κ1) is 24.3. The molecule has 0 aromatic rings. The van der Waals surface area contributed by atoms with Crippen LogP contribution in [0.1, 0.15) is 14.8 Å². The molecule has 3 heterocycles. The van der Waals surface area contributed by atoms with E-state index >= 15 is 0 Å². The van der Waals surface area contributed by atoms with Gasteiger partial charge in [-0.25, -0.2) is 0 Å². The summed E-state index contributed by atoms with van der Waals surface area (Å²) in [6, 6.07) is 1.45. The van der Waals surface area contributed by atoms with Crippen molar-refractivity contribution in [3.05, 3.63) is 0 Å². The number of likely N-dealkylation sites (tertiary alicyclic amines) is 2. The Hall–Kier alpha value is -0.320. The van der Waals surface area contributed by atoms with E-state index in [1.54, 1.807) is 7.11 Å². The minimum atomic E-state index is 0. The van der Waals surface area contributed by atoms with Crippen LogP contribution in [0.2, 0.25) is 0 Å². The molecule has 0 aromatic heterocycles. The van der Waals surface area contributed by atoms with E-state index in [9.17, 15) is 0 Å². The fourth-order valence-corrected chi connectivity index (χ4v) is 4.92. The maximum absolute atomic E-state index is 5.98. The molecule has 3 rings (SSSR count). The Morgan fingerprint density at radius 3 is 1.83 bits per heavy atom. The third kappa shape index (κ3) is 7.98. The van der Waals surface area contributed by atoms with Gasteiger partial charge in [-0.3, -0.25) is 19.6 Å². The molecule has 30 heavy (non-hydrogen) atoms. The molecule has 3 aliphatic heterocycles. The van der Waals surface area contributed by atoms with Gasteiger partial charge in [-0.15, -0.1) is 0 Å². The summed E-state index contributed by atoms with van der Waals surface area (Å²) in [6.45, 7) is 19.6. The zero-order valence-electron chi connectivity index (χ0n) is 19.4. The van der Waals surface area contributed by atoms with E-state index in [0.29, 0.717) is 0 Å². The number of hydrogen-bond acceptors (Lipinski definition) is 8. The fourth-order valence-electron chi connectivity index (χ4n) is 4.92. The molecule has 3 saturated heterocycles. The Bertz CT molecular complexity index is 457. The average molecular weight is 430 g/mol. The van der Waals surface area contributed by atoms with E-state index in [0.717, 1.165) is 111 Å². The highest BCUT2D eigenvalue weighted by Crippen LogP contribution is 2.29. The number of likely N-dealkylation sites (N-methyl/N-ethyl adjacent to an activating group) is 1. The maximum Gasteiger partial charge on any atom is 0.0594 e. The zero-order chi connectivity index (χ0) is 21.0. The summed E-state index contributed by atoms with van der Waals surface area (Å²) < 4.78 is 16.9. The normalized spacial score (nSPS) is 26.2. The lowest BCUT2D eigenvalue weighted by Crippen LogP contribution is -2.48. The van der Waals surface area contributed by atoms with Crippen molar-refractivity contribution in [3.63, 3.8) is 0 Å². The smallest absolute Gasteiger partial charge is 0.0594 e. The van der Waals surface area contributed by atoms with Gasteiger partial charge in [0.05, 0.1) is 33.0 Å². The minimum Gasteiger partial charge on any atom is -0.383 e. The van der Waals surface area contributed by atoms with Crippen molar-refractivity contribution < 1.29 is 15.6 Å². The highest BCUT2D eigenvalue weighted by Gasteiger charge is 2.42. The summed E-state index contributed by atoms with van der Waals surface area (Å²) in [7, 11) is 1.78. The highest BCUT2D eigenvalue weighted by molar-refractivity contribution is 4.99. The van der Waals surface area contributed by atoms with Gasteiger partial charge in [0.15, 0.2) is 0 Å². The van der Waals surface area contributed by atoms with Crippen LogP contribution in [-0.4, -0.2) is 150 Å². The molecule has 0 radical (unpaired) electrons. The summed E-state index contributed by atoms with van der Waals surface area (Å²) in [4.78, 5) is 10.3. The van der Waals surface area contributed by atoms with Gasteiger partial charge in [-0.2, -0.15) is 0 Å². The van der Waals surface area contributed by atoms with Crippen LogP contribution in [-0.2, 0) is 14.2 Å². The maximum atomic E-state index is 5.98. The standard InChI is InChI=1S/C22H45N5O3.H2/c1-3-23-4-13-29-16-11-26-19-22-18-21(26)20-27(22)12-17-30-15-10-25-7-5-24(6-8-25)9-14-28-2;/h21-23H,3-20H2,1-2H3;1H. The Morgan fingerprint density at radius 2 is 1.30 bits per heavy atom. The number of nitrogens with one attached hydrogen (secondary N) is 1. The first-order chi connectivity index (χ1) is 14.8. The molecule has 0 spiro atoms. The second-order valence-corrected chi connectivity index (χ2v) is 8.79. The topological polar surface area (TPSA) is 52.7 Å². The van der Waals surface area contributed by atoms with Gasteiger partial charge < -0.3 is 19.5 Å². The molecular weight excluding hydrogens is 382 g/mol. The summed E-state index contributed by atoms with van der Waals surface area (Å²) in [6.07, 6.45) is 1.32. The van der Waals surface area contributed by atoms with Gasteiger partial charge in [0, 0.05) is 92.6 Å². The third-order valence-corrected chi connectivity index (χ3v) is 6.81. The zero-order valence-corrected chi connectivity index (χ0v) is 19.4. The Balaban J connectivity index is 0.00000341. The fraction of sp³-hybridized carbons (Fsp3) is 1.00. The van der Waals surface area contributed by atoms with E-state index < -0.39 is 0 Å². The van der Waals surface area contributed by atoms with Gasteiger partial charge in [-0.1, -0.05) is 6.92 Å². The van der Waals surface area contributed by atoms with Crippen LogP contribution in [0.5, 0.6) is 0 Å². The number of nitrogens with zero attached hydrogens (tertiary/aromatic N) is 4. The van der Waals surface area contributed by atoms with E-state index in [1.165, 1.54) is 19.5 Å². The second-order valence-electron chi connectivity index (χ2n) is 8.79. The lowest BCUT2D eigenvalue weighted by Gasteiger charge is -2.35. The Morgan fingerprint density at radius 1 is 0.767 bits per heavy atom. The number of hydrogen-bond donors (Lipinski definition) is 1.